The molecule has 2 aromatic heterocycles. The number of carbonyl (C=O) groups is 1. The Kier molecular flexibility index (Phi) is 5.04. The van der Waals surface area contributed by atoms with Crippen LogP contribution in [-0.2, 0) is 17.6 Å². The second kappa shape index (κ2) is 7.47. The molecule has 1 atom stereocenters. The van der Waals surface area contributed by atoms with Crippen LogP contribution in [0.5, 0.6) is 17.4 Å². The Labute approximate surface area is 172 Å². The van der Waals surface area contributed by atoms with Gasteiger partial charge in [0, 0.05) is 20.4 Å². The fraction of sp³-hybridized carbons (Fsp3) is 0.278. The van der Waals surface area contributed by atoms with Crippen LogP contribution in [0.4, 0.5) is 0 Å². The highest BCUT2D eigenvalue weighted by Gasteiger charge is 2.27. The van der Waals surface area contributed by atoms with Gasteiger partial charge in [-0.05, 0) is 35.1 Å². The van der Waals surface area contributed by atoms with E-state index in [1.54, 1.807) is 23.5 Å². The predicted molar refractivity (Wildman–Crippen MR) is 108 cm³/mol. The number of fused-ring (bicyclic) bond motifs is 2. The quantitative estimate of drug-likeness (QED) is 0.519. The highest BCUT2D eigenvalue weighted by molar-refractivity contribution is 14.1. The van der Waals surface area contributed by atoms with Crippen LogP contribution < -0.4 is 14.2 Å². The normalized spacial score (nSPS) is 13.7. The van der Waals surface area contributed by atoms with Gasteiger partial charge in [-0.15, -0.1) is 11.3 Å². The average molecular weight is 498 g/mol. The van der Waals surface area contributed by atoms with E-state index >= 15 is 0 Å². The molecule has 140 valence electrons. The lowest BCUT2D eigenvalue weighted by molar-refractivity contribution is -0.145. The Bertz CT molecular complexity index is 1020. The first-order valence-electron chi connectivity index (χ1n) is 8.27. The number of nitrogens with zero attached hydrogens (tertiary/aromatic N) is 2. The van der Waals surface area contributed by atoms with Crippen LogP contribution in [0, 0.1) is 3.57 Å². The van der Waals surface area contributed by atoms with Crippen LogP contribution in [-0.4, -0.2) is 33.9 Å². The Morgan fingerprint density at radius 2 is 2.26 bits per heavy atom. The van der Waals surface area contributed by atoms with Crippen molar-refractivity contribution < 1.29 is 24.1 Å². The summed E-state index contributed by atoms with van der Waals surface area (Å²) < 4.78 is 17.7. The molecule has 7 nitrogen and oxygen atoms in total. The van der Waals surface area contributed by atoms with Crippen molar-refractivity contribution in [3.05, 3.63) is 38.5 Å². The lowest BCUT2D eigenvalue weighted by atomic mass is 10.1. The van der Waals surface area contributed by atoms with Gasteiger partial charge in [0.2, 0.25) is 18.8 Å². The van der Waals surface area contributed by atoms with E-state index in [1.807, 2.05) is 6.07 Å². The zero-order valence-corrected chi connectivity index (χ0v) is 17.2. The fourth-order valence-corrected chi connectivity index (χ4v) is 5.24. The Balaban J connectivity index is 1.67. The maximum Gasteiger partial charge on any atom is 0.345 e. The lowest BCUT2D eigenvalue weighted by Crippen LogP contribution is -2.30. The van der Waals surface area contributed by atoms with Crippen molar-refractivity contribution >= 4 is 50.1 Å². The number of hydrogen-bond acceptors (Lipinski definition) is 7. The molecule has 1 aliphatic rings. The zero-order valence-electron chi connectivity index (χ0n) is 14.3. The summed E-state index contributed by atoms with van der Waals surface area (Å²) in [5, 5.41) is 10.5. The van der Waals surface area contributed by atoms with Crippen LogP contribution in [0.15, 0.2) is 24.5 Å². The molecule has 3 heterocycles. The van der Waals surface area contributed by atoms with Crippen LogP contribution in [0.25, 0.3) is 10.2 Å². The minimum atomic E-state index is -1.11. The SMILES string of the molecule is CCc1sc2ncnc(O[C@@H](Cc3cccc4c3OCO4)C(=O)O)c2c1I. The third-order valence-corrected chi connectivity index (χ3v) is 6.99. The highest BCUT2D eigenvalue weighted by atomic mass is 127. The largest absolute Gasteiger partial charge is 0.478 e. The second-order valence-electron chi connectivity index (χ2n) is 5.85. The van der Waals surface area contributed by atoms with E-state index in [2.05, 4.69) is 39.5 Å². The Morgan fingerprint density at radius 1 is 1.41 bits per heavy atom. The van der Waals surface area contributed by atoms with Crippen molar-refractivity contribution in [1.82, 2.24) is 9.97 Å². The summed E-state index contributed by atoms with van der Waals surface area (Å²) >= 11 is 3.81. The van der Waals surface area contributed by atoms with Crippen molar-refractivity contribution in [2.75, 3.05) is 6.79 Å². The van der Waals surface area contributed by atoms with Crippen molar-refractivity contribution in [3.63, 3.8) is 0 Å². The molecule has 1 aliphatic heterocycles. The summed E-state index contributed by atoms with van der Waals surface area (Å²) in [6, 6.07) is 5.41. The van der Waals surface area contributed by atoms with Crippen molar-refractivity contribution in [2.24, 2.45) is 0 Å². The second-order valence-corrected chi connectivity index (χ2v) is 8.01. The number of hydrogen-bond donors (Lipinski definition) is 1. The average Bonchev–Trinajstić information content (AvgIpc) is 3.26. The number of rotatable bonds is 6. The number of carboxylic acids is 1. The first-order valence-corrected chi connectivity index (χ1v) is 10.2. The third kappa shape index (κ3) is 3.41. The number of benzene rings is 1. The van der Waals surface area contributed by atoms with Crippen LogP contribution in [0.3, 0.4) is 0 Å². The van der Waals surface area contributed by atoms with Crippen molar-refractivity contribution in [1.29, 1.82) is 0 Å². The molecular formula is C18H15IN2O5S. The van der Waals surface area contributed by atoms with Gasteiger partial charge >= 0.3 is 5.97 Å². The molecule has 0 bridgehead atoms. The number of aliphatic carboxylic acids is 1. The molecule has 0 amide bonds. The lowest BCUT2D eigenvalue weighted by Gasteiger charge is -2.16. The molecule has 9 heteroatoms. The standard InChI is InChI=1S/C18H15IN2O5S/c1-2-12-14(19)13-16(20-7-21-17(13)27-12)26-11(18(22)23)6-9-4-3-5-10-15(9)25-8-24-10/h3-5,7,11H,2,6,8H2,1H3,(H,22,23)/t11-/m0/s1. The maximum absolute atomic E-state index is 11.9. The molecule has 0 saturated carbocycles. The highest BCUT2D eigenvalue weighted by Crippen LogP contribution is 2.38. The first-order chi connectivity index (χ1) is 13.1. The van der Waals surface area contributed by atoms with Gasteiger partial charge in [-0.2, -0.15) is 0 Å². The van der Waals surface area contributed by atoms with E-state index in [4.69, 9.17) is 14.2 Å². The van der Waals surface area contributed by atoms with Crippen molar-refractivity contribution in [2.45, 2.75) is 25.9 Å². The van der Waals surface area contributed by atoms with Gasteiger partial charge in [-0.3, -0.25) is 0 Å². The minimum absolute atomic E-state index is 0.129. The van der Waals surface area contributed by atoms with Gasteiger partial charge in [-0.1, -0.05) is 19.1 Å². The summed E-state index contributed by atoms with van der Waals surface area (Å²) in [5.41, 5.74) is 0.719. The van der Waals surface area contributed by atoms with Crippen LogP contribution in [0.2, 0.25) is 0 Å². The number of thiophene rings is 1. The number of aromatic nitrogens is 2. The smallest absolute Gasteiger partial charge is 0.345 e. The molecule has 4 rings (SSSR count). The van der Waals surface area contributed by atoms with E-state index in [0.717, 1.165) is 25.8 Å². The summed E-state index contributed by atoms with van der Waals surface area (Å²) in [6.45, 7) is 2.20. The molecule has 3 aromatic rings. The molecule has 0 aliphatic carbocycles. The molecule has 0 saturated heterocycles. The number of ether oxygens (including phenoxy) is 3. The molecule has 27 heavy (non-hydrogen) atoms. The number of aryl methyl sites for hydroxylation is 1. The summed E-state index contributed by atoms with van der Waals surface area (Å²) in [6.07, 6.45) is 1.29. The Hall–Kier alpha value is -2.14. The van der Waals surface area contributed by atoms with E-state index in [-0.39, 0.29) is 19.1 Å². The fourth-order valence-electron chi connectivity index (χ4n) is 2.90. The van der Waals surface area contributed by atoms with E-state index in [0.29, 0.717) is 11.5 Å². The molecule has 0 fully saturated rings. The van der Waals surface area contributed by atoms with Gasteiger partial charge in [0.1, 0.15) is 11.2 Å². The minimum Gasteiger partial charge on any atom is -0.478 e. The van der Waals surface area contributed by atoms with Crippen LogP contribution in [0.1, 0.15) is 17.4 Å². The first kappa shape index (κ1) is 18.2. The van der Waals surface area contributed by atoms with Gasteiger partial charge in [0.25, 0.3) is 0 Å². The van der Waals surface area contributed by atoms with Crippen molar-refractivity contribution in [3.8, 4) is 17.4 Å². The number of carboxylic acid groups (broad SMARTS) is 1. The maximum atomic E-state index is 11.9. The molecule has 1 N–H and O–H groups in total. The topological polar surface area (TPSA) is 90.8 Å². The molecule has 0 unspecified atom stereocenters. The van der Waals surface area contributed by atoms with Gasteiger partial charge in [-0.25, -0.2) is 14.8 Å². The summed E-state index contributed by atoms with van der Waals surface area (Å²) in [7, 11) is 0. The predicted octanol–water partition coefficient (Wildman–Crippen LogP) is 3.66. The molecule has 0 spiro atoms. The monoisotopic (exact) mass is 498 g/mol. The van der Waals surface area contributed by atoms with Gasteiger partial charge in [0.15, 0.2) is 11.5 Å². The summed E-state index contributed by atoms with van der Waals surface area (Å²) in [4.78, 5) is 22.3. The van der Waals surface area contributed by atoms with Crippen LogP contribution >= 0.6 is 33.9 Å². The van der Waals surface area contributed by atoms with E-state index in [1.165, 1.54) is 11.2 Å². The number of halogens is 1. The molecule has 0 radical (unpaired) electrons. The van der Waals surface area contributed by atoms with Gasteiger partial charge in [0.05, 0.1) is 5.39 Å². The van der Waals surface area contributed by atoms with E-state index in [9.17, 15) is 9.90 Å². The number of para-hydroxylation sites is 1. The third-order valence-electron chi connectivity index (χ3n) is 4.20. The summed E-state index contributed by atoms with van der Waals surface area (Å²) in [5.74, 6) is 0.399. The Morgan fingerprint density at radius 3 is 3.04 bits per heavy atom. The zero-order chi connectivity index (χ0) is 19.0. The molecule has 1 aromatic carbocycles. The van der Waals surface area contributed by atoms with E-state index < -0.39 is 12.1 Å². The molecular weight excluding hydrogens is 483 g/mol. The van der Waals surface area contributed by atoms with Gasteiger partial charge < -0.3 is 19.3 Å².